The second-order valence-corrected chi connectivity index (χ2v) is 8.78. The molecule has 0 radical (unpaired) electrons. The minimum Gasteiger partial charge on any atom is -0.440 e. The highest BCUT2D eigenvalue weighted by Gasteiger charge is 2.18. The molecular formula is C23H20N4O2S2. The van der Waals surface area contributed by atoms with Gasteiger partial charge in [0, 0.05) is 29.7 Å². The molecule has 2 aromatic heterocycles. The summed E-state index contributed by atoms with van der Waals surface area (Å²) in [5.74, 6) is 1.82. The van der Waals surface area contributed by atoms with E-state index in [0.29, 0.717) is 23.2 Å². The Morgan fingerprint density at radius 2 is 1.77 bits per heavy atom. The highest BCUT2D eigenvalue weighted by Crippen LogP contribution is 2.33. The van der Waals surface area contributed by atoms with E-state index in [1.165, 1.54) is 23.1 Å². The number of rotatable bonds is 9. The molecule has 0 aliphatic rings. The minimum atomic E-state index is -0.155. The van der Waals surface area contributed by atoms with Gasteiger partial charge >= 0.3 is 0 Å². The molecule has 31 heavy (non-hydrogen) atoms. The van der Waals surface area contributed by atoms with Gasteiger partial charge in [0.05, 0.1) is 0 Å². The molecule has 1 N–H and O–H groups in total. The average molecular weight is 449 g/mol. The second kappa shape index (κ2) is 10.2. The Morgan fingerprint density at radius 1 is 1.06 bits per heavy atom. The van der Waals surface area contributed by atoms with Crippen molar-refractivity contribution in [1.82, 2.24) is 15.2 Å². The zero-order valence-electron chi connectivity index (χ0n) is 16.7. The van der Waals surface area contributed by atoms with Crippen molar-refractivity contribution in [3.63, 3.8) is 0 Å². The molecule has 6 nitrogen and oxygen atoms in total. The Labute approximate surface area is 188 Å². The van der Waals surface area contributed by atoms with E-state index in [0.717, 1.165) is 26.9 Å². The lowest BCUT2D eigenvalue weighted by molar-refractivity contribution is -0.116. The number of anilines is 1. The van der Waals surface area contributed by atoms with E-state index in [2.05, 4.69) is 27.1 Å². The predicted octanol–water partition coefficient (Wildman–Crippen LogP) is 5.71. The lowest BCUT2D eigenvalue weighted by atomic mass is 10.1. The fraction of sp³-hybridized carbons (Fsp3) is 0.130. The van der Waals surface area contributed by atoms with Crippen LogP contribution in [0.3, 0.4) is 0 Å². The summed E-state index contributed by atoms with van der Waals surface area (Å²) in [6.07, 6.45) is 2.42. The normalized spacial score (nSPS) is 10.7. The maximum absolute atomic E-state index is 12.4. The van der Waals surface area contributed by atoms with Crippen molar-refractivity contribution in [3.05, 3.63) is 79.2 Å². The number of carbonyl (C=O) groups is 1. The van der Waals surface area contributed by atoms with Gasteiger partial charge in [-0.2, -0.15) is 0 Å². The standard InChI is InChI=1S/C23H20N4O2S2/c1-2-15-30-23-27-26-22(31-23)24-18(28)13-14-19-25-20(16-9-5-3-6-10-16)21(29-19)17-11-7-4-8-12-17/h2-12H,1,13-15H2,(H,24,26,28). The quantitative estimate of drug-likeness (QED) is 0.201. The number of hydrogen-bond acceptors (Lipinski definition) is 7. The Bertz CT molecular complexity index is 1100. The fourth-order valence-electron chi connectivity index (χ4n) is 2.90. The maximum Gasteiger partial charge on any atom is 0.226 e. The number of carbonyl (C=O) groups excluding carboxylic acids is 1. The van der Waals surface area contributed by atoms with Crippen LogP contribution in [0.2, 0.25) is 0 Å². The SMILES string of the molecule is C=CCSc1nnc(NC(=O)CCc2nc(-c3ccccc3)c(-c3ccccc3)o2)s1. The Kier molecular flexibility index (Phi) is 6.91. The van der Waals surface area contributed by atoms with E-state index in [-0.39, 0.29) is 12.3 Å². The van der Waals surface area contributed by atoms with Gasteiger partial charge in [-0.1, -0.05) is 89.8 Å². The zero-order chi connectivity index (χ0) is 21.5. The largest absolute Gasteiger partial charge is 0.440 e. The second-order valence-electron chi connectivity index (χ2n) is 6.54. The summed E-state index contributed by atoms with van der Waals surface area (Å²) in [6, 6.07) is 19.8. The molecular weight excluding hydrogens is 428 g/mol. The van der Waals surface area contributed by atoms with Crippen molar-refractivity contribution < 1.29 is 9.21 Å². The number of nitrogens with one attached hydrogen (secondary N) is 1. The summed E-state index contributed by atoms with van der Waals surface area (Å²) in [4.78, 5) is 17.1. The molecule has 156 valence electrons. The van der Waals surface area contributed by atoms with Gasteiger partial charge in [0.25, 0.3) is 0 Å². The van der Waals surface area contributed by atoms with Gasteiger partial charge in [-0.05, 0) is 0 Å². The first-order chi connectivity index (χ1) is 15.2. The summed E-state index contributed by atoms with van der Waals surface area (Å²) in [7, 11) is 0. The van der Waals surface area contributed by atoms with E-state index in [1.807, 2.05) is 60.7 Å². The van der Waals surface area contributed by atoms with Crippen LogP contribution < -0.4 is 5.32 Å². The summed E-state index contributed by atoms with van der Waals surface area (Å²) in [5.41, 5.74) is 2.69. The Hall–Kier alpha value is -3.23. The van der Waals surface area contributed by atoms with Crippen molar-refractivity contribution in [3.8, 4) is 22.6 Å². The fourth-order valence-corrected chi connectivity index (χ4v) is 4.43. The molecule has 4 rings (SSSR count). The maximum atomic E-state index is 12.4. The van der Waals surface area contributed by atoms with Gasteiger partial charge in [-0.3, -0.25) is 4.79 Å². The van der Waals surface area contributed by atoms with Crippen molar-refractivity contribution in [1.29, 1.82) is 0 Å². The van der Waals surface area contributed by atoms with Crippen LogP contribution in [-0.4, -0.2) is 26.8 Å². The number of aryl methyl sites for hydroxylation is 1. The number of hydrogen-bond donors (Lipinski definition) is 1. The third-order valence-electron chi connectivity index (χ3n) is 4.30. The third kappa shape index (κ3) is 5.48. The van der Waals surface area contributed by atoms with Crippen molar-refractivity contribution in [2.24, 2.45) is 0 Å². The first-order valence-electron chi connectivity index (χ1n) is 9.70. The molecule has 8 heteroatoms. The number of aromatic nitrogens is 3. The highest BCUT2D eigenvalue weighted by atomic mass is 32.2. The molecule has 0 atom stereocenters. The molecule has 0 aliphatic heterocycles. The van der Waals surface area contributed by atoms with Crippen LogP contribution in [0.4, 0.5) is 5.13 Å². The minimum absolute atomic E-state index is 0.155. The van der Waals surface area contributed by atoms with E-state index in [4.69, 9.17) is 4.42 Å². The van der Waals surface area contributed by atoms with Gasteiger partial charge in [0.2, 0.25) is 11.0 Å². The first-order valence-corrected chi connectivity index (χ1v) is 11.5. The van der Waals surface area contributed by atoms with E-state index in [9.17, 15) is 4.79 Å². The van der Waals surface area contributed by atoms with Crippen molar-refractivity contribution in [2.75, 3.05) is 11.1 Å². The Balaban J connectivity index is 1.46. The topological polar surface area (TPSA) is 80.9 Å². The molecule has 0 saturated carbocycles. The van der Waals surface area contributed by atoms with E-state index < -0.39 is 0 Å². The molecule has 0 spiro atoms. The number of thioether (sulfide) groups is 1. The molecule has 0 bridgehead atoms. The summed E-state index contributed by atoms with van der Waals surface area (Å²) < 4.78 is 6.87. The van der Waals surface area contributed by atoms with Crippen LogP contribution in [0.1, 0.15) is 12.3 Å². The van der Waals surface area contributed by atoms with Crippen LogP contribution in [0.5, 0.6) is 0 Å². The van der Waals surface area contributed by atoms with Gasteiger partial charge < -0.3 is 9.73 Å². The average Bonchev–Trinajstić information content (AvgIpc) is 3.44. The highest BCUT2D eigenvalue weighted by molar-refractivity contribution is 8.01. The number of oxazole rings is 1. The smallest absolute Gasteiger partial charge is 0.226 e. The number of amides is 1. The molecule has 2 heterocycles. The molecule has 0 aliphatic carbocycles. The predicted molar refractivity (Wildman–Crippen MR) is 125 cm³/mol. The van der Waals surface area contributed by atoms with E-state index in [1.54, 1.807) is 6.08 Å². The van der Waals surface area contributed by atoms with Crippen LogP contribution in [0.25, 0.3) is 22.6 Å². The summed E-state index contributed by atoms with van der Waals surface area (Å²) in [6.45, 7) is 3.68. The lowest BCUT2D eigenvalue weighted by Gasteiger charge is -2.00. The Morgan fingerprint density at radius 3 is 2.48 bits per heavy atom. The van der Waals surface area contributed by atoms with Crippen LogP contribution in [-0.2, 0) is 11.2 Å². The molecule has 0 fully saturated rings. The molecule has 1 amide bonds. The van der Waals surface area contributed by atoms with Gasteiger partial charge in [-0.15, -0.1) is 16.8 Å². The van der Waals surface area contributed by atoms with Gasteiger partial charge in [-0.25, -0.2) is 4.98 Å². The van der Waals surface area contributed by atoms with Crippen LogP contribution in [0, 0.1) is 0 Å². The molecule has 4 aromatic rings. The summed E-state index contributed by atoms with van der Waals surface area (Å²) in [5, 5.41) is 11.3. The zero-order valence-corrected chi connectivity index (χ0v) is 18.3. The van der Waals surface area contributed by atoms with Gasteiger partial charge in [0.15, 0.2) is 16.0 Å². The first kappa shape index (κ1) is 21.0. The summed E-state index contributed by atoms with van der Waals surface area (Å²) >= 11 is 2.88. The monoisotopic (exact) mass is 448 g/mol. The van der Waals surface area contributed by atoms with Crippen molar-refractivity contribution in [2.45, 2.75) is 17.2 Å². The number of benzene rings is 2. The molecule has 0 saturated heterocycles. The van der Waals surface area contributed by atoms with Crippen molar-refractivity contribution >= 4 is 34.1 Å². The molecule has 0 unspecified atom stereocenters. The third-order valence-corrected chi connectivity index (χ3v) is 6.27. The van der Waals surface area contributed by atoms with Gasteiger partial charge in [0.1, 0.15) is 5.69 Å². The van der Waals surface area contributed by atoms with E-state index >= 15 is 0 Å². The van der Waals surface area contributed by atoms with Crippen LogP contribution in [0.15, 0.2) is 82.1 Å². The molecule has 2 aromatic carbocycles. The van der Waals surface area contributed by atoms with Crippen LogP contribution >= 0.6 is 23.1 Å². The lowest BCUT2D eigenvalue weighted by Crippen LogP contribution is -2.12. The number of nitrogens with zero attached hydrogens (tertiary/aromatic N) is 3.